The molecule has 8 nitrogen and oxygen atoms in total. The summed E-state index contributed by atoms with van der Waals surface area (Å²) in [7, 11) is 1.24. The van der Waals surface area contributed by atoms with E-state index in [4.69, 9.17) is 9.47 Å². The van der Waals surface area contributed by atoms with Crippen LogP contribution in [0.25, 0.3) is 0 Å². The average molecular weight is 414 g/mol. The largest absolute Gasteiger partial charge is 0.467 e. The van der Waals surface area contributed by atoms with Crippen LogP contribution < -0.4 is 10.6 Å². The van der Waals surface area contributed by atoms with E-state index >= 15 is 0 Å². The summed E-state index contributed by atoms with van der Waals surface area (Å²) >= 11 is 0. The molecule has 30 heavy (non-hydrogen) atoms. The molecule has 3 N–H and O–H groups in total. The molecule has 0 heterocycles. The number of hydrogen-bond acceptors (Lipinski definition) is 6. The Hall–Kier alpha value is -3.39. The normalized spacial score (nSPS) is 12.3. The minimum atomic E-state index is -1.13. The zero-order valence-corrected chi connectivity index (χ0v) is 16.7. The Bertz CT molecular complexity index is 813. The van der Waals surface area contributed by atoms with E-state index in [-0.39, 0.29) is 26.0 Å². The third-order valence-electron chi connectivity index (χ3n) is 4.22. The fourth-order valence-corrected chi connectivity index (χ4v) is 2.70. The van der Waals surface area contributed by atoms with E-state index in [1.54, 1.807) is 0 Å². The molecule has 0 bridgehead atoms. The number of rotatable bonds is 10. The maximum absolute atomic E-state index is 12.2. The van der Waals surface area contributed by atoms with Crippen LogP contribution in [0, 0.1) is 0 Å². The van der Waals surface area contributed by atoms with Crippen molar-refractivity contribution in [2.45, 2.75) is 31.6 Å². The van der Waals surface area contributed by atoms with E-state index in [1.165, 1.54) is 7.11 Å². The first-order chi connectivity index (χ1) is 14.5. The number of hydrogen-bond donors (Lipinski definition) is 3. The fraction of sp³-hybridized carbons (Fsp3) is 0.318. The van der Waals surface area contributed by atoms with E-state index in [0.29, 0.717) is 0 Å². The van der Waals surface area contributed by atoms with Crippen molar-refractivity contribution in [3.8, 4) is 0 Å². The lowest BCUT2D eigenvalue weighted by molar-refractivity contribution is -0.145. The molecule has 0 saturated carbocycles. The molecule has 0 unspecified atom stereocenters. The number of ether oxygens (including phenoxy) is 2. The molecule has 0 radical (unpaired) electrons. The number of benzene rings is 2. The van der Waals surface area contributed by atoms with Gasteiger partial charge >= 0.3 is 12.1 Å². The van der Waals surface area contributed by atoms with E-state index in [2.05, 4.69) is 10.6 Å². The van der Waals surface area contributed by atoms with Crippen LogP contribution >= 0.6 is 0 Å². The van der Waals surface area contributed by atoms with E-state index in [9.17, 15) is 19.5 Å². The van der Waals surface area contributed by atoms with Gasteiger partial charge in [-0.1, -0.05) is 60.7 Å². The quantitative estimate of drug-likeness (QED) is 0.509. The number of carbonyl (C=O) groups excluding carboxylic acids is 3. The van der Waals surface area contributed by atoms with E-state index in [1.807, 2.05) is 60.7 Å². The summed E-state index contributed by atoms with van der Waals surface area (Å²) in [6.07, 6.45) is -1.86. The van der Waals surface area contributed by atoms with Crippen molar-refractivity contribution < 1.29 is 29.0 Å². The van der Waals surface area contributed by atoms with Gasteiger partial charge in [-0.3, -0.25) is 4.79 Å². The molecule has 2 aromatic rings. The zero-order valence-electron chi connectivity index (χ0n) is 16.7. The van der Waals surface area contributed by atoms with Crippen molar-refractivity contribution >= 4 is 18.0 Å². The number of aliphatic hydroxyl groups is 1. The van der Waals surface area contributed by atoms with Gasteiger partial charge in [0.15, 0.2) is 0 Å². The molecule has 0 aromatic heterocycles. The number of methoxy groups -OCH3 is 1. The molecule has 0 spiro atoms. The van der Waals surface area contributed by atoms with Gasteiger partial charge < -0.3 is 25.2 Å². The molecule has 0 aliphatic heterocycles. The van der Waals surface area contributed by atoms with Gasteiger partial charge in [-0.15, -0.1) is 0 Å². The molecular formula is C22H26N2O6. The Labute approximate surface area is 175 Å². The SMILES string of the molecule is COC(=O)[C@@H](Cc1ccccc1)NC(=O)C[C@H](O)CNC(=O)OCc1ccccc1. The second kappa shape index (κ2) is 12.2. The smallest absolute Gasteiger partial charge is 0.407 e. The highest BCUT2D eigenvalue weighted by molar-refractivity contribution is 5.84. The van der Waals surface area contributed by atoms with Crippen molar-refractivity contribution in [2.24, 2.45) is 0 Å². The van der Waals surface area contributed by atoms with Gasteiger partial charge in [0, 0.05) is 13.0 Å². The van der Waals surface area contributed by atoms with Crippen molar-refractivity contribution in [1.29, 1.82) is 0 Å². The van der Waals surface area contributed by atoms with Gasteiger partial charge in [0.05, 0.1) is 19.6 Å². The minimum Gasteiger partial charge on any atom is -0.467 e. The number of alkyl carbamates (subject to hydrolysis) is 1. The first-order valence-electron chi connectivity index (χ1n) is 9.51. The highest BCUT2D eigenvalue weighted by Crippen LogP contribution is 2.05. The van der Waals surface area contributed by atoms with E-state index in [0.717, 1.165) is 11.1 Å². The maximum atomic E-state index is 12.2. The molecule has 2 rings (SSSR count). The molecule has 0 saturated heterocycles. The second-order valence-corrected chi connectivity index (χ2v) is 6.63. The summed E-state index contributed by atoms with van der Waals surface area (Å²) in [4.78, 5) is 35.9. The molecular weight excluding hydrogens is 388 g/mol. The van der Waals surface area contributed by atoms with Gasteiger partial charge in [0.2, 0.25) is 5.91 Å². The molecule has 0 fully saturated rings. The molecule has 0 aliphatic carbocycles. The van der Waals surface area contributed by atoms with Crippen LogP contribution in [0.1, 0.15) is 17.5 Å². The van der Waals surface area contributed by atoms with Crippen LogP contribution in [0.2, 0.25) is 0 Å². The minimum absolute atomic E-state index is 0.101. The van der Waals surface area contributed by atoms with Crippen LogP contribution in [0.3, 0.4) is 0 Å². The fourth-order valence-electron chi connectivity index (χ4n) is 2.70. The Morgan fingerprint density at radius 1 is 0.967 bits per heavy atom. The zero-order chi connectivity index (χ0) is 21.8. The average Bonchev–Trinajstić information content (AvgIpc) is 2.76. The topological polar surface area (TPSA) is 114 Å². The standard InChI is InChI=1S/C22H26N2O6/c1-29-21(27)19(12-16-8-4-2-5-9-16)24-20(26)13-18(25)14-23-22(28)30-15-17-10-6-3-7-11-17/h2-11,18-19,25H,12-15H2,1H3,(H,23,28)(H,24,26)/t18-,19+/m0/s1. The lowest BCUT2D eigenvalue weighted by Crippen LogP contribution is -2.45. The van der Waals surface area contributed by atoms with Crippen molar-refractivity contribution in [3.63, 3.8) is 0 Å². The first kappa shape index (κ1) is 22.9. The number of carbonyl (C=O) groups is 3. The molecule has 0 aliphatic rings. The van der Waals surface area contributed by atoms with Gasteiger partial charge in [-0.05, 0) is 11.1 Å². The van der Waals surface area contributed by atoms with Crippen LogP contribution in [0.15, 0.2) is 60.7 Å². The highest BCUT2D eigenvalue weighted by atomic mass is 16.5. The van der Waals surface area contributed by atoms with Gasteiger partial charge in [0.1, 0.15) is 12.6 Å². The van der Waals surface area contributed by atoms with Gasteiger partial charge in [-0.2, -0.15) is 0 Å². The molecule has 2 atom stereocenters. The molecule has 160 valence electrons. The Morgan fingerprint density at radius 3 is 2.17 bits per heavy atom. The van der Waals surface area contributed by atoms with Crippen molar-refractivity contribution in [3.05, 3.63) is 71.8 Å². The van der Waals surface area contributed by atoms with Crippen LogP contribution in [0.4, 0.5) is 4.79 Å². The third-order valence-corrected chi connectivity index (χ3v) is 4.22. The number of amides is 2. The van der Waals surface area contributed by atoms with Gasteiger partial charge in [-0.25, -0.2) is 9.59 Å². The first-order valence-corrected chi connectivity index (χ1v) is 9.51. The van der Waals surface area contributed by atoms with Crippen molar-refractivity contribution in [2.75, 3.05) is 13.7 Å². The monoisotopic (exact) mass is 414 g/mol. The Kier molecular flexibility index (Phi) is 9.33. The van der Waals surface area contributed by atoms with Crippen LogP contribution in [0.5, 0.6) is 0 Å². The summed E-state index contributed by atoms with van der Waals surface area (Å²) in [6.45, 7) is -0.0633. The number of nitrogens with one attached hydrogen (secondary N) is 2. The lowest BCUT2D eigenvalue weighted by Gasteiger charge is -2.18. The second-order valence-electron chi connectivity index (χ2n) is 6.63. The predicted octanol–water partition coefficient (Wildman–Crippen LogP) is 1.56. The molecule has 8 heteroatoms. The van der Waals surface area contributed by atoms with E-state index < -0.39 is 30.1 Å². The highest BCUT2D eigenvalue weighted by Gasteiger charge is 2.23. The van der Waals surface area contributed by atoms with Gasteiger partial charge in [0.25, 0.3) is 0 Å². The third kappa shape index (κ3) is 8.32. The number of esters is 1. The Balaban J connectivity index is 1.74. The van der Waals surface area contributed by atoms with Crippen molar-refractivity contribution in [1.82, 2.24) is 10.6 Å². The summed E-state index contributed by atoms with van der Waals surface area (Å²) in [5.74, 6) is -1.11. The summed E-state index contributed by atoms with van der Waals surface area (Å²) in [5.41, 5.74) is 1.69. The Morgan fingerprint density at radius 2 is 1.57 bits per heavy atom. The lowest BCUT2D eigenvalue weighted by atomic mass is 10.1. The summed E-state index contributed by atoms with van der Waals surface area (Å²) in [5, 5.41) is 15.0. The summed E-state index contributed by atoms with van der Waals surface area (Å²) in [6, 6.07) is 17.5. The van der Waals surface area contributed by atoms with Crippen LogP contribution in [-0.2, 0) is 32.1 Å². The summed E-state index contributed by atoms with van der Waals surface area (Å²) < 4.78 is 9.78. The number of aliphatic hydroxyl groups excluding tert-OH is 1. The molecule has 2 amide bonds. The predicted molar refractivity (Wildman–Crippen MR) is 109 cm³/mol. The van der Waals surface area contributed by atoms with Crippen LogP contribution in [-0.4, -0.2) is 48.9 Å². The molecule has 2 aromatic carbocycles. The maximum Gasteiger partial charge on any atom is 0.407 e.